The Bertz CT molecular complexity index is 537. The maximum atomic E-state index is 11.7. The number of primary sulfonamides is 1. The van der Waals surface area contributed by atoms with Crippen LogP contribution in [0.3, 0.4) is 0 Å². The van der Waals surface area contributed by atoms with Gasteiger partial charge in [-0.05, 0) is 12.1 Å². The Hall–Kier alpha value is -1.44. The zero-order valence-electron chi connectivity index (χ0n) is 9.01. The number of amides is 1. The number of anilines is 1. The number of hydrogen-bond acceptors (Lipinski definition) is 4. The van der Waals surface area contributed by atoms with E-state index in [-0.39, 0.29) is 22.4 Å². The molecule has 1 fully saturated rings. The van der Waals surface area contributed by atoms with Crippen molar-refractivity contribution in [3.8, 4) is 0 Å². The monoisotopic (exact) mass is 255 g/mol. The van der Waals surface area contributed by atoms with Crippen LogP contribution in [0.1, 0.15) is 0 Å². The SMILES string of the molecule is NS(=O)(=O)c1ccccc1NC(=O)C1CNC1. The zero-order chi connectivity index (χ0) is 12.5. The van der Waals surface area contributed by atoms with Crippen LogP contribution < -0.4 is 15.8 Å². The van der Waals surface area contributed by atoms with Gasteiger partial charge in [0.1, 0.15) is 4.90 Å². The number of benzene rings is 1. The second-order valence-electron chi connectivity index (χ2n) is 3.89. The number of sulfonamides is 1. The first kappa shape index (κ1) is 12.0. The van der Waals surface area contributed by atoms with E-state index in [1.54, 1.807) is 12.1 Å². The van der Waals surface area contributed by atoms with Gasteiger partial charge < -0.3 is 10.6 Å². The van der Waals surface area contributed by atoms with Crippen LogP contribution >= 0.6 is 0 Å². The molecular formula is C10H13N3O3S. The van der Waals surface area contributed by atoms with Gasteiger partial charge in [-0.15, -0.1) is 0 Å². The number of hydrogen-bond donors (Lipinski definition) is 3. The van der Waals surface area contributed by atoms with Crippen LogP contribution in [0.15, 0.2) is 29.2 Å². The van der Waals surface area contributed by atoms with E-state index in [2.05, 4.69) is 10.6 Å². The minimum atomic E-state index is -3.82. The lowest BCUT2D eigenvalue weighted by molar-refractivity contribution is -0.121. The summed E-state index contributed by atoms with van der Waals surface area (Å²) in [6.07, 6.45) is 0. The number of nitrogens with one attached hydrogen (secondary N) is 2. The van der Waals surface area contributed by atoms with Crippen LogP contribution in [0.25, 0.3) is 0 Å². The highest BCUT2D eigenvalue weighted by atomic mass is 32.2. The molecule has 4 N–H and O–H groups in total. The van der Waals surface area contributed by atoms with Crippen LogP contribution in [0, 0.1) is 5.92 Å². The van der Waals surface area contributed by atoms with Gasteiger partial charge in [-0.1, -0.05) is 12.1 Å². The second kappa shape index (κ2) is 4.44. The molecular weight excluding hydrogens is 242 g/mol. The lowest BCUT2D eigenvalue weighted by atomic mass is 10.0. The van der Waals surface area contributed by atoms with Crippen LogP contribution in [0.4, 0.5) is 5.69 Å². The normalized spacial score (nSPS) is 16.3. The molecule has 0 bridgehead atoms. The number of nitrogens with two attached hydrogens (primary N) is 1. The maximum absolute atomic E-state index is 11.7. The Morgan fingerprint density at radius 1 is 1.35 bits per heavy atom. The quantitative estimate of drug-likeness (QED) is 0.677. The number of carbonyl (C=O) groups excluding carboxylic acids is 1. The number of para-hydroxylation sites is 1. The van der Waals surface area contributed by atoms with Gasteiger partial charge in [-0.3, -0.25) is 4.79 Å². The Morgan fingerprint density at radius 3 is 2.53 bits per heavy atom. The molecule has 0 spiro atoms. The third kappa shape index (κ3) is 2.63. The molecule has 1 heterocycles. The minimum Gasteiger partial charge on any atom is -0.325 e. The number of carbonyl (C=O) groups is 1. The molecule has 0 radical (unpaired) electrons. The second-order valence-corrected chi connectivity index (χ2v) is 5.42. The van der Waals surface area contributed by atoms with E-state index in [1.807, 2.05) is 0 Å². The first-order chi connectivity index (χ1) is 7.98. The summed E-state index contributed by atoms with van der Waals surface area (Å²) >= 11 is 0. The zero-order valence-corrected chi connectivity index (χ0v) is 9.83. The van der Waals surface area contributed by atoms with E-state index in [1.165, 1.54) is 12.1 Å². The summed E-state index contributed by atoms with van der Waals surface area (Å²) in [5.41, 5.74) is 0.229. The van der Waals surface area contributed by atoms with Crippen molar-refractivity contribution in [3.63, 3.8) is 0 Å². The molecule has 17 heavy (non-hydrogen) atoms. The molecule has 0 aliphatic carbocycles. The standard InChI is InChI=1S/C10H13N3O3S/c11-17(15,16)9-4-2-1-3-8(9)13-10(14)7-5-12-6-7/h1-4,7,12H,5-6H2,(H,13,14)(H2,11,15,16). The van der Waals surface area contributed by atoms with Gasteiger partial charge in [0.15, 0.2) is 0 Å². The van der Waals surface area contributed by atoms with Crippen LogP contribution in [0.2, 0.25) is 0 Å². The largest absolute Gasteiger partial charge is 0.325 e. The van der Waals surface area contributed by atoms with Crippen LogP contribution in [-0.2, 0) is 14.8 Å². The smallest absolute Gasteiger partial charge is 0.240 e. The molecule has 1 aromatic rings. The van der Waals surface area contributed by atoms with Crippen LogP contribution in [0.5, 0.6) is 0 Å². The van der Waals surface area contributed by atoms with Crippen molar-refractivity contribution >= 4 is 21.6 Å². The first-order valence-electron chi connectivity index (χ1n) is 5.12. The van der Waals surface area contributed by atoms with Crippen molar-refractivity contribution in [1.29, 1.82) is 0 Å². The molecule has 0 aromatic heterocycles. The Balaban J connectivity index is 2.23. The molecule has 6 nitrogen and oxygen atoms in total. The van der Waals surface area contributed by atoms with Crippen molar-refractivity contribution in [1.82, 2.24) is 5.32 Å². The minimum absolute atomic E-state index is 0.0689. The highest BCUT2D eigenvalue weighted by Crippen LogP contribution is 2.20. The van der Waals surface area contributed by atoms with E-state index in [0.29, 0.717) is 13.1 Å². The fourth-order valence-corrected chi connectivity index (χ4v) is 2.22. The van der Waals surface area contributed by atoms with Crippen molar-refractivity contribution < 1.29 is 13.2 Å². The van der Waals surface area contributed by atoms with Crippen molar-refractivity contribution in [3.05, 3.63) is 24.3 Å². The molecule has 0 unspecified atom stereocenters. The fraction of sp³-hybridized carbons (Fsp3) is 0.300. The molecule has 92 valence electrons. The number of rotatable bonds is 3. The van der Waals surface area contributed by atoms with Gasteiger partial charge >= 0.3 is 0 Å². The lowest BCUT2D eigenvalue weighted by Crippen LogP contribution is -2.48. The van der Waals surface area contributed by atoms with Gasteiger partial charge in [0, 0.05) is 13.1 Å². The summed E-state index contributed by atoms with van der Waals surface area (Å²) in [7, 11) is -3.82. The Morgan fingerprint density at radius 2 is 2.00 bits per heavy atom. The molecule has 0 atom stereocenters. The average Bonchev–Trinajstić information content (AvgIpc) is 2.13. The van der Waals surface area contributed by atoms with Gasteiger partial charge in [-0.2, -0.15) is 0 Å². The van der Waals surface area contributed by atoms with E-state index in [0.717, 1.165) is 0 Å². The molecule has 1 saturated heterocycles. The summed E-state index contributed by atoms with van der Waals surface area (Å²) in [5, 5.41) is 10.6. The van der Waals surface area contributed by atoms with E-state index in [9.17, 15) is 13.2 Å². The summed E-state index contributed by atoms with van der Waals surface area (Å²) in [6, 6.07) is 6.08. The van der Waals surface area contributed by atoms with Crippen molar-refractivity contribution in [2.24, 2.45) is 11.1 Å². The summed E-state index contributed by atoms with van der Waals surface area (Å²) < 4.78 is 22.6. The van der Waals surface area contributed by atoms with Crippen molar-refractivity contribution in [2.75, 3.05) is 18.4 Å². The third-order valence-electron chi connectivity index (χ3n) is 2.60. The van der Waals surface area contributed by atoms with Gasteiger partial charge in [0.2, 0.25) is 15.9 Å². The molecule has 0 saturated carbocycles. The van der Waals surface area contributed by atoms with Crippen LogP contribution in [-0.4, -0.2) is 27.4 Å². The van der Waals surface area contributed by atoms with Gasteiger partial charge in [0.25, 0.3) is 0 Å². The lowest BCUT2D eigenvalue weighted by Gasteiger charge is -2.26. The predicted molar refractivity (Wildman–Crippen MR) is 62.8 cm³/mol. The predicted octanol–water partition coefficient (Wildman–Crippen LogP) is -0.508. The molecule has 1 aliphatic rings. The third-order valence-corrected chi connectivity index (χ3v) is 3.57. The Labute approximate surface area is 99.2 Å². The van der Waals surface area contributed by atoms with E-state index in [4.69, 9.17) is 5.14 Å². The highest BCUT2D eigenvalue weighted by molar-refractivity contribution is 7.89. The van der Waals surface area contributed by atoms with Crippen molar-refractivity contribution in [2.45, 2.75) is 4.90 Å². The maximum Gasteiger partial charge on any atom is 0.240 e. The fourth-order valence-electron chi connectivity index (χ4n) is 1.53. The molecule has 2 rings (SSSR count). The summed E-state index contributed by atoms with van der Waals surface area (Å²) in [6.45, 7) is 1.23. The molecule has 1 amide bonds. The highest BCUT2D eigenvalue weighted by Gasteiger charge is 2.26. The van der Waals surface area contributed by atoms with E-state index >= 15 is 0 Å². The van der Waals surface area contributed by atoms with E-state index < -0.39 is 10.0 Å². The Kier molecular flexibility index (Phi) is 3.14. The van der Waals surface area contributed by atoms with Gasteiger partial charge in [-0.25, -0.2) is 13.6 Å². The topological polar surface area (TPSA) is 101 Å². The summed E-state index contributed by atoms with van der Waals surface area (Å²) in [5.74, 6) is -0.302. The molecule has 1 aromatic carbocycles. The molecule has 7 heteroatoms. The molecule has 1 aliphatic heterocycles. The summed E-state index contributed by atoms with van der Waals surface area (Å²) in [4.78, 5) is 11.6. The average molecular weight is 255 g/mol. The first-order valence-corrected chi connectivity index (χ1v) is 6.66. The van der Waals surface area contributed by atoms with Gasteiger partial charge in [0.05, 0.1) is 11.6 Å².